The molecule has 1 heterocycles. The van der Waals surface area contributed by atoms with Crippen molar-refractivity contribution < 1.29 is 19.1 Å². The summed E-state index contributed by atoms with van der Waals surface area (Å²) in [4.78, 5) is 26.6. The zero-order chi connectivity index (χ0) is 18.4. The number of hydrogen-bond donors (Lipinski definition) is 1. The molecule has 26 heavy (non-hydrogen) atoms. The highest BCUT2D eigenvalue weighted by Gasteiger charge is 2.34. The second-order valence-corrected chi connectivity index (χ2v) is 6.70. The first kappa shape index (κ1) is 18.1. The summed E-state index contributed by atoms with van der Waals surface area (Å²) in [6.45, 7) is -0.0864. The lowest BCUT2D eigenvalue weighted by Gasteiger charge is -2.23. The largest absolute Gasteiger partial charge is 0.497 e. The molecule has 1 aliphatic rings. The van der Waals surface area contributed by atoms with Crippen LogP contribution in [-0.4, -0.2) is 48.1 Å². The van der Waals surface area contributed by atoms with Gasteiger partial charge in [-0.3, -0.25) is 9.59 Å². The van der Waals surface area contributed by atoms with E-state index >= 15 is 0 Å². The van der Waals surface area contributed by atoms with Crippen LogP contribution in [0, 0.1) is 0 Å². The van der Waals surface area contributed by atoms with Crippen LogP contribution >= 0.6 is 11.8 Å². The zero-order valence-corrected chi connectivity index (χ0v) is 15.2. The van der Waals surface area contributed by atoms with Crippen molar-refractivity contribution in [2.24, 2.45) is 0 Å². The molecule has 0 aromatic heterocycles. The van der Waals surface area contributed by atoms with Crippen molar-refractivity contribution in [1.82, 2.24) is 4.90 Å². The fourth-order valence-corrected chi connectivity index (χ4v) is 3.73. The summed E-state index contributed by atoms with van der Waals surface area (Å²) in [7, 11) is 1.59. The van der Waals surface area contributed by atoms with Crippen LogP contribution in [0.2, 0.25) is 0 Å². The molecule has 1 unspecified atom stereocenters. The van der Waals surface area contributed by atoms with Gasteiger partial charge < -0.3 is 19.7 Å². The summed E-state index contributed by atoms with van der Waals surface area (Å²) >= 11 is 1.55. The molecule has 1 fully saturated rings. The zero-order valence-electron chi connectivity index (χ0n) is 14.4. The number of amides is 2. The Balaban J connectivity index is 1.57. The number of thioether (sulfide) groups is 1. The number of para-hydroxylation sites is 1. The highest BCUT2D eigenvalue weighted by Crippen LogP contribution is 2.23. The minimum Gasteiger partial charge on any atom is -0.497 e. The lowest BCUT2D eigenvalue weighted by Crippen LogP contribution is -2.46. The van der Waals surface area contributed by atoms with Crippen LogP contribution in [-0.2, 0) is 9.59 Å². The van der Waals surface area contributed by atoms with Gasteiger partial charge in [-0.1, -0.05) is 18.2 Å². The molecule has 1 atom stereocenters. The number of benzene rings is 2. The van der Waals surface area contributed by atoms with Crippen molar-refractivity contribution in [3.8, 4) is 11.5 Å². The van der Waals surface area contributed by atoms with Crippen molar-refractivity contribution in [3.05, 3.63) is 54.6 Å². The van der Waals surface area contributed by atoms with Gasteiger partial charge in [-0.25, -0.2) is 0 Å². The molecule has 0 radical (unpaired) electrons. The van der Waals surface area contributed by atoms with Gasteiger partial charge in [0.1, 0.15) is 17.5 Å². The highest BCUT2D eigenvalue weighted by molar-refractivity contribution is 7.99. The van der Waals surface area contributed by atoms with E-state index in [4.69, 9.17) is 9.47 Å². The third-order valence-electron chi connectivity index (χ3n) is 3.97. The molecule has 0 aliphatic carbocycles. The average molecular weight is 372 g/mol. The van der Waals surface area contributed by atoms with E-state index in [0.29, 0.717) is 28.8 Å². The summed E-state index contributed by atoms with van der Waals surface area (Å²) in [5.41, 5.74) is 0.667. The van der Waals surface area contributed by atoms with E-state index in [1.807, 2.05) is 18.2 Å². The number of carbonyl (C=O) groups excluding carboxylic acids is 2. The summed E-state index contributed by atoms with van der Waals surface area (Å²) in [5, 5.41) is 2.85. The maximum absolute atomic E-state index is 12.6. The van der Waals surface area contributed by atoms with Crippen LogP contribution in [0.1, 0.15) is 0 Å². The molecule has 0 spiro atoms. The van der Waals surface area contributed by atoms with Gasteiger partial charge in [0.05, 0.1) is 13.0 Å². The summed E-state index contributed by atoms with van der Waals surface area (Å²) < 4.78 is 10.6. The maximum Gasteiger partial charge on any atom is 0.261 e. The molecule has 3 rings (SSSR count). The number of hydrogen-bond acceptors (Lipinski definition) is 5. The third-order valence-corrected chi connectivity index (χ3v) is 4.98. The first-order valence-electron chi connectivity index (χ1n) is 8.17. The van der Waals surface area contributed by atoms with Crippen LogP contribution in [0.3, 0.4) is 0 Å². The Bertz CT molecular complexity index is 752. The van der Waals surface area contributed by atoms with E-state index in [0.717, 1.165) is 0 Å². The molecule has 136 valence electrons. The van der Waals surface area contributed by atoms with Crippen molar-refractivity contribution in [2.45, 2.75) is 6.04 Å². The van der Waals surface area contributed by atoms with Crippen LogP contribution in [0.4, 0.5) is 5.69 Å². The second-order valence-electron chi connectivity index (χ2n) is 5.70. The van der Waals surface area contributed by atoms with Crippen LogP contribution in [0.25, 0.3) is 0 Å². The molecule has 2 aromatic rings. The molecular formula is C19H20N2O4S. The molecule has 6 nitrogen and oxygen atoms in total. The minimum atomic E-state index is -0.506. The van der Waals surface area contributed by atoms with E-state index in [1.54, 1.807) is 60.2 Å². The van der Waals surface area contributed by atoms with Crippen molar-refractivity contribution >= 4 is 29.3 Å². The molecule has 2 aromatic carbocycles. The van der Waals surface area contributed by atoms with Gasteiger partial charge in [-0.15, -0.1) is 11.8 Å². The number of anilines is 1. The quantitative estimate of drug-likeness (QED) is 0.844. The molecule has 0 saturated carbocycles. The van der Waals surface area contributed by atoms with Crippen LogP contribution in [0.5, 0.6) is 11.5 Å². The Kier molecular flexibility index (Phi) is 6.01. The van der Waals surface area contributed by atoms with Crippen molar-refractivity contribution in [3.63, 3.8) is 0 Å². The monoisotopic (exact) mass is 372 g/mol. The van der Waals surface area contributed by atoms with E-state index in [-0.39, 0.29) is 18.4 Å². The lowest BCUT2D eigenvalue weighted by molar-refractivity contribution is -0.137. The molecular weight excluding hydrogens is 352 g/mol. The Morgan fingerprint density at radius 2 is 1.85 bits per heavy atom. The van der Waals surface area contributed by atoms with E-state index < -0.39 is 6.04 Å². The van der Waals surface area contributed by atoms with E-state index in [2.05, 4.69) is 5.32 Å². The smallest absolute Gasteiger partial charge is 0.261 e. The highest BCUT2D eigenvalue weighted by atomic mass is 32.2. The Labute approximate surface area is 156 Å². The van der Waals surface area contributed by atoms with Crippen molar-refractivity contribution in [2.75, 3.05) is 30.7 Å². The summed E-state index contributed by atoms with van der Waals surface area (Å²) in [6, 6.07) is 15.7. The number of rotatable bonds is 6. The fraction of sp³-hybridized carbons (Fsp3) is 0.263. The predicted octanol–water partition coefficient (Wildman–Crippen LogP) is 2.61. The van der Waals surface area contributed by atoms with Gasteiger partial charge in [0.2, 0.25) is 5.91 Å². The Hall–Kier alpha value is -2.67. The molecule has 1 saturated heterocycles. The molecule has 7 heteroatoms. The second kappa shape index (κ2) is 8.62. The molecule has 1 N–H and O–H groups in total. The summed E-state index contributed by atoms with van der Waals surface area (Å²) in [5.74, 6) is 2.00. The molecule has 2 amide bonds. The number of ether oxygens (including phenoxy) is 2. The maximum atomic E-state index is 12.6. The topological polar surface area (TPSA) is 67.9 Å². The first-order chi connectivity index (χ1) is 12.7. The lowest BCUT2D eigenvalue weighted by atomic mass is 10.2. The molecule has 1 aliphatic heterocycles. The number of nitrogens with one attached hydrogen (secondary N) is 1. The normalized spacial score (nSPS) is 16.2. The van der Waals surface area contributed by atoms with Gasteiger partial charge in [0.15, 0.2) is 6.61 Å². The third kappa shape index (κ3) is 4.49. The van der Waals surface area contributed by atoms with Gasteiger partial charge in [0.25, 0.3) is 5.91 Å². The van der Waals surface area contributed by atoms with Gasteiger partial charge in [-0.2, -0.15) is 0 Å². The average Bonchev–Trinajstić information content (AvgIpc) is 3.17. The van der Waals surface area contributed by atoms with Gasteiger partial charge in [-0.05, 0) is 36.4 Å². The standard InChI is InChI=1S/C19H20N2O4S/c1-24-15-9-7-14(8-10-15)20-19(23)17-12-26-13-21(17)18(22)11-25-16-5-3-2-4-6-16/h2-10,17H,11-13H2,1H3,(H,20,23). The summed E-state index contributed by atoms with van der Waals surface area (Å²) in [6.07, 6.45) is 0. The van der Waals surface area contributed by atoms with Gasteiger partial charge in [0, 0.05) is 11.4 Å². The van der Waals surface area contributed by atoms with E-state index in [9.17, 15) is 9.59 Å². The fourth-order valence-electron chi connectivity index (χ4n) is 2.55. The number of nitrogens with zero attached hydrogens (tertiary/aromatic N) is 1. The number of carbonyl (C=O) groups is 2. The molecule has 0 bridgehead atoms. The predicted molar refractivity (Wildman–Crippen MR) is 102 cm³/mol. The van der Waals surface area contributed by atoms with Crippen LogP contribution < -0.4 is 14.8 Å². The van der Waals surface area contributed by atoms with Gasteiger partial charge >= 0.3 is 0 Å². The Morgan fingerprint density at radius 3 is 2.54 bits per heavy atom. The SMILES string of the molecule is COc1ccc(NC(=O)C2CSCN2C(=O)COc2ccccc2)cc1. The van der Waals surface area contributed by atoms with Crippen LogP contribution in [0.15, 0.2) is 54.6 Å². The number of methoxy groups -OCH3 is 1. The Morgan fingerprint density at radius 1 is 1.12 bits per heavy atom. The van der Waals surface area contributed by atoms with Crippen molar-refractivity contribution in [1.29, 1.82) is 0 Å². The minimum absolute atomic E-state index is 0.0864. The first-order valence-corrected chi connectivity index (χ1v) is 9.33. The van der Waals surface area contributed by atoms with E-state index in [1.165, 1.54) is 0 Å².